The first-order valence-corrected chi connectivity index (χ1v) is 2.99. The summed E-state index contributed by atoms with van der Waals surface area (Å²) < 4.78 is 5.18. The molecule has 0 spiro atoms. The Hall–Kier alpha value is -1.36. The molecule has 0 radical (unpaired) electrons. The predicted octanol–water partition coefficient (Wildman–Crippen LogP) is -0.618. The van der Waals surface area contributed by atoms with E-state index in [-0.39, 0.29) is 0 Å². The van der Waals surface area contributed by atoms with E-state index in [0.29, 0.717) is 10.5 Å². The highest BCUT2D eigenvalue weighted by Gasteiger charge is 2.09. The number of aliphatic hydroxyl groups excluding tert-OH is 1. The lowest BCUT2D eigenvalue weighted by Crippen LogP contribution is -2.24. The van der Waals surface area contributed by atoms with E-state index in [4.69, 9.17) is 5.11 Å². The maximum absolute atomic E-state index is 10.8. The number of nitrogens with zero attached hydrogens (tertiary/aromatic N) is 1. The lowest BCUT2D eigenvalue weighted by Gasteiger charge is -1.91. The first-order chi connectivity index (χ1) is 5.15. The van der Waals surface area contributed by atoms with Gasteiger partial charge in [0.1, 0.15) is 12.4 Å². The molecular weight excluding hydrogens is 150 g/mol. The van der Waals surface area contributed by atoms with Crippen LogP contribution in [0.2, 0.25) is 0 Å². The standard InChI is InChI=1S/C6H7NO4/c1-4-2-5(9)7(11-4)6(10)3-8/h2,8H,3H2,1H3. The third-order valence-electron chi connectivity index (χ3n) is 1.12. The molecule has 0 atom stereocenters. The highest BCUT2D eigenvalue weighted by atomic mass is 16.5. The molecule has 0 unspecified atom stereocenters. The van der Waals surface area contributed by atoms with Gasteiger partial charge in [0, 0.05) is 6.07 Å². The molecule has 0 aliphatic carbocycles. The van der Waals surface area contributed by atoms with Gasteiger partial charge in [0.2, 0.25) is 0 Å². The van der Waals surface area contributed by atoms with Gasteiger partial charge < -0.3 is 9.63 Å². The second-order valence-electron chi connectivity index (χ2n) is 2.03. The summed E-state index contributed by atoms with van der Waals surface area (Å²) in [5.74, 6) is -0.417. The number of carbonyl (C=O) groups excluding carboxylic acids is 1. The van der Waals surface area contributed by atoms with Crippen LogP contribution in [0.15, 0.2) is 15.4 Å². The minimum atomic E-state index is -0.761. The molecule has 1 heterocycles. The van der Waals surface area contributed by atoms with E-state index in [2.05, 4.69) is 4.52 Å². The highest BCUT2D eigenvalue weighted by molar-refractivity contribution is 5.78. The van der Waals surface area contributed by atoms with Crippen molar-refractivity contribution < 1.29 is 14.4 Å². The Morgan fingerprint density at radius 2 is 2.45 bits per heavy atom. The fourth-order valence-corrected chi connectivity index (χ4v) is 0.686. The van der Waals surface area contributed by atoms with Gasteiger partial charge in [0.25, 0.3) is 11.5 Å². The van der Waals surface area contributed by atoms with Crippen molar-refractivity contribution in [1.29, 1.82) is 0 Å². The van der Waals surface area contributed by atoms with E-state index < -0.39 is 18.1 Å². The van der Waals surface area contributed by atoms with Gasteiger partial charge in [0.05, 0.1) is 0 Å². The van der Waals surface area contributed by atoms with Gasteiger partial charge in [-0.2, -0.15) is 0 Å². The van der Waals surface area contributed by atoms with Crippen molar-refractivity contribution in [3.8, 4) is 0 Å². The molecule has 1 rings (SSSR count). The summed E-state index contributed by atoms with van der Waals surface area (Å²) in [5, 5.41) is 8.35. The van der Waals surface area contributed by atoms with Gasteiger partial charge in [-0.25, -0.2) is 0 Å². The monoisotopic (exact) mass is 157 g/mol. The minimum Gasteiger partial charge on any atom is -0.386 e. The number of hydrogen-bond donors (Lipinski definition) is 1. The maximum Gasteiger partial charge on any atom is 0.290 e. The topological polar surface area (TPSA) is 72.4 Å². The number of carbonyl (C=O) groups is 1. The molecular formula is C6H7NO4. The summed E-state index contributed by atoms with van der Waals surface area (Å²) in [6, 6.07) is 1.17. The molecule has 0 fully saturated rings. The van der Waals surface area contributed by atoms with Crippen molar-refractivity contribution >= 4 is 5.91 Å². The number of aromatic nitrogens is 1. The summed E-state index contributed by atoms with van der Waals surface area (Å²) in [7, 11) is 0. The third-order valence-corrected chi connectivity index (χ3v) is 1.12. The Labute approximate surface area is 61.8 Å². The van der Waals surface area contributed by atoms with Crippen LogP contribution in [-0.2, 0) is 0 Å². The minimum absolute atomic E-state index is 0.344. The van der Waals surface area contributed by atoms with Crippen LogP contribution in [0.5, 0.6) is 0 Å². The molecule has 0 amide bonds. The first kappa shape index (κ1) is 7.74. The average Bonchev–Trinajstić information content (AvgIpc) is 2.28. The van der Waals surface area contributed by atoms with Crippen molar-refractivity contribution in [3.63, 3.8) is 0 Å². The molecule has 5 nitrogen and oxygen atoms in total. The van der Waals surface area contributed by atoms with E-state index >= 15 is 0 Å². The van der Waals surface area contributed by atoms with Gasteiger partial charge in [-0.05, 0) is 6.92 Å². The first-order valence-electron chi connectivity index (χ1n) is 2.99. The molecule has 60 valence electrons. The Morgan fingerprint density at radius 1 is 1.82 bits per heavy atom. The van der Waals surface area contributed by atoms with Gasteiger partial charge >= 0.3 is 0 Å². The van der Waals surface area contributed by atoms with Crippen LogP contribution >= 0.6 is 0 Å². The lowest BCUT2D eigenvalue weighted by atomic mass is 10.5. The Balaban J connectivity index is 3.13. The molecule has 1 aromatic rings. The van der Waals surface area contributed by atoms with Crippen molar-refractivity contribution in [2.45, 2.75) is 6.92 Å². The van der Waals surface area contributed by atoms with Crippen LogP contribution in [-0.4, -0.2) is 22.4 Å². The van der Waals surface area contributed by atoms with Crippen LogP contribution in [0.3, 0.4) is 0 Å². The summed E-state index contributed by atoms with van der Waals surface area (Å²) in [6.07, 6.45) is 0. The van der Waals surface area contributed by atoms with Crippen LogP contribution in [0.1, 0.15) is 10.6 Å². The number of hydrogen-bond acceptors (Lipinski definition) is 4. The predicted molar refractivity (Wildman–Crippen MR) is 35.4 cm³/mol. The third kappa shape index (κ3) is 1.38. The Bertz CT molecular complexity index is 322. The molecule has 0 bridgehead atoms. The second kappa shape index (κ2) is 2.71. The normalized spacial score (nSPS) is 10.0. The van der Waals surface area contributed by atoms with Gasteiger partial charge in [-0.3, -0.25) is 9.59 Å². The maximum atomic E-state index is 10.8. The SMILES string of the molecule is Cc1cc(=O)n(C(=O)CO)o1. The van der Waals surface area contributed by atoms with Crippen molar-refractivity contribution in [2.75, 3.05) is 6.61 Å². The van der Waals surface area contributed by atoms with E-state index in [0.717, 1.165) is 0 Å². The van der Waals surface area contributed by atoms with Gasteiger partial charge in [-0.15, -0.1) is 4.74 Å². The molecule has 0 aliphatic heterocycles. The Kier molecular flexibility index (Phi) is 1.91. The molecule has 5 heteroatoms. The fraction of sp³-hybridized carbons (Fsp3) is 0.333. The van der Waals surface area contributed by atoms with Crippen LogP contribution in [0.4, 0.5) is 0 Å². The molecule has 0 saturated heterocycles. The summed E-state index contributed by atoms with van der Waals surface area (Å²) in [5.41, 5.74) is -0.554. The lowest BCUT2D eigenvalue weighted by molar-refractivity contribution is 0.0683. The Morgan fingerprint density at radius 3 is 2.82 bits per heavy atom. The number of aliphatic hydroxyl groups is 1. The zero-order valence-corrected chi connectivity index (χ0v) is 5.90. The molecule has 0 aromatic carbocycles. The molecule has 0 saturated carbocycles. The molecule has 11 heavy (non-hydrogen) atoms. The zero-order chi connectivity index (χ0) is 8.43. The second-order valence-corrected chi connectivity index (χ2v) is 2.03. The smallest absolute Gasteiger partial charge is 0.290 e. The summed E-state index contributed by atoms with van der Waals surface area (Å²) >= 11 is 0. The zero-order valence-electron chi connectivity index (χ0n) is 5.90. The van der Waals surface area contributed by atoms with Crippen molar-refractivity contribution in [2.24, 2.45) is 0 Å². The fourth-order valence-electron chi connectivity index (χ4n) is 0.686. The van der Waals surface area contributed by atoms with Crippen LogP contribution < -0.4 is 5.56 Å². The van der Waals surface area contributed by atoms with E-state index in [1.54, 1.807) is 6.92 Å². The van der Waals surface area contributed by atoms with Gasteiger partial charge in [0.15, 0.2) is 0 Å². The number of aryl methyl sites for hydroxylation is 1. The van der Waals surface area contributed by atoms with E-state index in [9.17, 15) is 9.59 Å². The number of rotatable bonds is 1. The molecule has 1 N–H and O–H groups in total. The van der Waals surface area contributed by atoms with Crippen LogP contribution in [0.25, 0.3) is 0 Å². The average molecular weight is 157 g/mol. The van der Waals surface area contributed by atoms with Gasteiger partial charge in [-0.1, -0.05) is 0 Å². The summed E-state index contributed by atoms with van der Waals surface area (Å²) in [4.78, 5) is 21.4. The van der Waals surface area contributed by atoms with Crippen molar-refractivity contribution in [3.05, 3.63) is 22.2 Å². The largest absolute Gasteiger partial charge is 0.386 e. The quantitative estimate of drug-likeness (QED) is 0.589. The molecule has 1 aromatic heterocycles. The van der Waals surface area contributed by atoms with Crippen molar-refractivity contribution in [1.82, 2.24) is 4.74 Å². The molecule has 0 aliphatic rings. The highest BCUT2D eigenvalue weighted by Crippen LogP contribution is 1.91. The van der Waals surface area contributed by atoms with E-state index in [1.807, 2.05) is 0 Å². The summed E-state index contributed by atoms with van der Waals surface area (Å²) in [6.45, 7) is 0.815. The van der Waals surface area contributed by atoms with E-state index in [1.165, 1.54) is 6.07 Å². The van der Waals surface area contributed by atoms with Crippen LogP contribution in [0, 0.1) is 6.92 Å².